The van der Waals surface area contributed by atoms with E-state index in [0.29, 0.717) is 0 Å². The highest BCUT2D eigenvalue weighted by atomic mass is 16.3. The molecule has 304 valence electrons. The number of para-hydroxylation sites is 4. The van der Waals surface area contributed by atoms with Crippen LogP contribution in [0, 0.1) is 0 Å². The van der Waals surface area contributed by atoms with Crippen molar-refractivity contribution in [3.05, 3.63) is 241 Å². The molecule has 1 unspecified atom stereocenters. The van der Waals surface area contributed by atoms with Crippen LogP contribution in [0.25, 0.3) is 110 Å². The van der Waals surface area contributed by atoms with Crippen LogP contribution in [0.4, 0.5) is 0 Å². The number of nitrogens with zero attached hydrogens (tertiary/aromatic N) is 2. The highest BCUT2D eigenvalue weighted by molar-refractivity contribution is 6.16. The Bertz CT molecular complexity index is 4020. The minimum atomic E-state index is 0.227. The fraction of sp³-hybridized carbons (Fsp3) is 0.0323. The molecule has 0 aliphatic heterocycles. The first-order chi connectivity index (χ1) is 32.2. The Hall–Kier alpha value is -8.40. The van der Waals surface area contributed by atoms with Gasteiger partial charge in [0.1, 0.15) is 11.2 Å². The molecule has 0 amide bonds. The molecule has 0 saturated heterocycles. The van der Waals surface area contributed by atoms with E-state index >= 15 is 0 Å². The van der Waals surface area contributed by atoms with Gasteiger partial charge >= 0.3 is 0 Å². The molecule has 1 aliphatic rings. The molecule has 0 saturated carbocycles. The van der Waals surface area contributed by atoms with E-state index in [4.69, 9.17) is 4.42 Å². The summed E-state index contributed by atoms with van der Waals surface area (Å²) in [6.07, 6.45) is 0.936. The van der Waals surface area contributed by atoms with Gasteiger partial charge in [0, 0.05) is 49.6 Å². The zero-order valence-corrected chi connectivity index (χ0v) is 35.4. The van der Waals surface area contributed by atoms with Crippen LogP contribution in [0.2, 0.25) is 0 Å². The first kappa shape index (κ1) is 36.1. The van der Waals surface area contributed by atoms with Gasteiger partial charge in [0.2, 0.25) is 0 Å². The second-order valence-corrected chi connectivity index (χ2v) is 17.6. The van der Waals surface area contributed by atoms with Crippen LogP contribution >= 0.6 is 0 Å². The lowest BCUT2D eigenvalue weighted by Crippen LogP contribution is -2.02. The molecule has 10 aromatic carbocycles. The second-order valence-electron chi connectivity index (χ2n) is 17.6. The van der Waals surface area contributed by atoms with E-state index in [1.807, 2.05) is 0 Å². The van der Waals surface area contributed by atoms with Gasteiger partial charge < -0.3 is 13.6 Å². The predicted molar refractivity (Wildman–Crippen MR) is 271 cm³/mol. The summed E-state index contributed by atoms with van der Waals surface area (Å²) in [4.78, 5) is 0. The van der Waals surface area contributed by atoms with Crippen molar-refractivity contribution >= 4 is 65.6 Å². The minimum Gasteiger partial charge on any atom is -0.456 e. The highest BCUT2D eigenvalue weighted by Gasteiger charge is 2.31. The van der Waals surface area contributed by atoms with Crippen LogP contribution in [-0.2, 0) is 6.42 Å². The van der Waals surface area contributed by atoms with E-state index < -0.39 is 0 Å². The average Bonchev–Trinajstić information content (AvgIpc) is 4.10. The van der Waals surface area contributed by atoms with E-state index in [2.05, 4.69) is 234 Å². The lowest BCUT2D eigenvalue weighted by atomic mass is 9.89. The third-order valence-electron chi connectivity index (χ3n) is 14.1. The quantitative estimate of drug-likeness (QED) is 0.164. The molecule has 1 aliphatic carbocycles. The number of aromatic nitrogens is 2. The minimum absolute atomic E-state index is 0.227. The van der Waals surface area contributed by atoms with Gasteiger partial charge in [0.25, 0.3) is 0 Å². The van der Waals surface area contributed by atoms with Crippen molar-refractivity contribution in [1.29, 1.82) is 0 Å². The van der Waals surface area contributed by atoms with Crippen LogP contribution in [0.15, 0.2) is 229 Å². The number of rotatable bonds is 6. The van der Waals surface area contributed by atoms with Gasteiger partial charge in [-0.25, -0.2) is 0 Å². The number of benzene rings is 10. The molecule has 3 heteroatoms. The number of hydrogen-bond acceptors (Lipinski definition) is 1. The van der Waals surface area contributed by atoms with E-state index in [1.54, 1.807) is 0 Å². The SMILES string of the molecule is c1ccc(CC2c3ccc(-c4ccc5oc6cccc(-c7ccc8c(c7)c7ccccc7n8-c7ccccc7)c6c5c4)cc3-c3cc4c5ccccc5n(-c5ccccc5)c4cc32)cc1. The average molecular weight is 829 g/mol. The van der Waals surface area contributed by atoms with Crippen LogP contribution in [0.3, 0.4) is 0 Å². The molecule has 13 aromatic rings. The number of furan rings is 1. The molecule has 0 radical (unpaired) electrons. The Kier molecular flexibility index (Phi) is 7.81. The first-order valence-corrected chi connectivity index (χ1v) is 22.6. The van der Waals surface area contributed by atoms with Gasteiger partial charge in [-0.1, -0.05) is 140 Å². The molecular weight excluding hydrogens is 789 g/mol. The van der Waals surface area contributed by atoms with Crippen molar-refractivity contribution in [2.75, 3.05) is 0 Å². The first-order valence-electron chi connectivity index (χ1n) is 22.6. The van der Waals surface area contributed by atoms with Crippen LogP contribution in [0.5, 0.6) is 0 Å². The lowest BCUT2D eigenvalue weighted by molar-refractivity contribution is 0.669. The van der Waals surface area contributed by atoms with Gasteiger partial charge in [-0.15, -0.1) is 0 Å². The van der Waals surface area contributed by atoms with E-state index in [-0.39, 0.29) is 5.92 Å². The molecule has 0 bridgehead atoms. The third-order valence-corrected chi connectivity index (χ3v) is 14.1. The van der Waals surface area contributed by atoms with Crippen molar-refractivity contribution in [2.24, 2.45) is 0 Å². The summed E-state index contributed by atoms with van der Waals surface area (Å²) >= 11 is 0. The highest BCUT2D eigenvalue weighted by Crippen LogP contribution is 2.51. The normalized spacial score (nSPS) is 13.4. The summed E-state index contributed by atoms with van der Waals surface area (Å²) in [5.41, 5.74) is 20.5. The zero-order chi connectivity index (χ0) is 42.6. The Morgan fingerprint density at radius 3 is 1.65 bits per heavy atom. The standard InChI is InChI=1S/C62H40N2O/c1-4-15-39(16-5-1)33-49-46-30-27-40(34-50(46)51-37-54-48-22-11-13-25-57(48)64(59(54)38-52(49)51)44-19-8-3-9-20-44)41-29-32-60-55(35-41)62-45(23-14-26-61(62)65-60)42-28-31-58-53(36-42)47-21-10-12-24-56(47)63(58)43-17-6-2-7-18-43/h1-32,34-38,49H,33H2. The summed E-state index contributed by atoms with van der Waals surface area (Å²) < 4.78 is 11.4. The zero-order valence-electron chi connectivity index (χ0n) is 35.4. The van der Waals surface area contributed by atoms with Gasteiger partial charge in [0.15, 0.2) is 0 Å². The summed E-state index contributed by atoms with van der Waals surface area (Å²) in [6, 6.07) is 82.3. The maximum atomic E-state index is 6.62. The molecule has 14 rings (SSSR count). The molecule has 0 N–H and O–H groups in total. The molecule has 3 heterocycles. The van der Waals surface area contributed by atoms with Crippen molar-refractivity contribution in [1.82, 2.24) is 9.13 Å². The largest absolute Gasteiger partial charge is 0.456 e. The van der Waals surface area contributed by atoms with Crippen molar-refractivity contribution in [3.8, 4) is 44.8 Å². The molecule has 65 heavy (non-hydrogen) atoms. The smallest absolute Gasteiger partial charge is 0.136 e. The topological polar surface area (TPSA) is 23.0 Å². The lowest BCUT2D eigenvalue weighted by Gasteiger charge is -2.15. The van der Waals surface area contributed by atoms with Crippen molar-refractivity contribution < 1.29 is 4.42 Å². The van der Waals surface area contributed by atoms with E-state index in [9.17, 15) is 0 Å². The van der Waals surface area contributed by atoms with Crippen molar-refractivity contribution in [2.45, 2.75) is 12.3 Å². The maximum Gasteiger partial charge on any atom is 0.136 e. The third kappa shape index (κ3) is 5.49. The summed E-state index contributed by atoms with van der Waals surface area (Å²) in [5.74, 6) is 0.227. The summed E-state index contributed by atoms with van der Waals surface area (Å²) in [7, 11) is 0. The Morgan fingerprint density at radius 1 is 0.338 bits per heavy atom. The van der Waals surface area contributed by atoms with E-state index in [0.717, 1.165) is 34.0 Å². The maximum absolute atomic E-state index is 6.62. The Labute approximate surface area is 375 Å². The molecule has 3 aromatic heterocycles. The van der Waals surface area contributed by atoms with Gasteiger partial charge in [-0.3, -0.25) is 0 Å². The number of fused-ring (bicyclic) bond motifs is 12. The Morgan fingerprint density at radius 2 is 0.908 bits per heavy atom. The summed E-state index contributed by atoms with van der Waals surface area (Å²) in [5, 5.41) is 7.29. The molecule has 0 fully saturated rings. The fourth-order valence-electron chi connectivity index (χ4n) is 11.2. The van der Waals surface area contributed by atoms with Crippen LogP contribution < -0.4 is 0 Å². The van der Waals surface area contributed by atoms with Gasteiger partial charge in [0.05, 0.1) is 22.1 Å². The molecular formula is C62H40N2O. The molecule has 1 atom stereocenters. The van der Waals surface area contributed by atoms with Gasteiger partial charge in [-0.05, 0) is 141 Å². The molecule has 0 spiro atoms. The van der Waals surface area contributed by atoms with Crippen LogP contribution in [0.1, 0.15) is 22.6 Å². The summed E-state index contributed by atoms with van der Waals surface area (Å²) in [6.45, 7) is 0. The van der Waals surface area contributed by atoms with Gasteiger partial charge in [-0.2, -0.15) is 0 Å². The predicted octanol–water partition coefficient (Wildman–Crippen LogP) is 16.5. The van der Waals surface area contributed by atoms with Crippen LogP contribution in [-0.4, -0.2) is 9.13 Å². The van der Waals surface area contributed by atoms with Crippen molar-refractivity contribution in [3.63, 3.8) is 0 Å². The number of hydrogen-bond donors (Lipinski definition) is 0. The Balaban J connectivity index is 0.931. The fourth-order valence-corrected chi connectivity index (χ4v) is 11.2. The molecule has 3 nitrogen and oxygen atoms in total. The van der Waals surface area contributed by atoms with E-state index in [1.165, 1.54) is 99.4 Å². The second kappa shape index (κ2) is 14.1. The monoisotopic (exact) mass is 828 g/mol.